The van der Waals surface area contributed by atoms with Crippen LogP contribution in [0.15, 0.2) is 42.5 Å². The van der Waals surface area contributed by atoms with Gasteiger partial charge in [0.2, 0.25) is 0 Å². The standard InChI is InChI=1S/C20H27ClN2O2/c1-3-22-12-7-13-23-14-16-9-6-11-19(24-2)20(16)25-15-17-8-4-5-10-18(17)21/h4-6,8-11,22-23H,3,7,12-15H2,1-2H3. The molecule has 0 bridgehead atoms. The number of methoxy groups -OCH3 is 1. The van der Waals surface area contributed by atoms with Crippen LogP contribution in [0.5, 0.6) is 11.5 Å². The molecule has 0 aliphatic rings. The van der Waals surface area contributed by atoms with Gasteiger partial charge in [0.1, 0.15) is 6.61 Å². The fraction of sp³-hybridized carbons (Fsp3) is 0.400. The molecule has 0 aliphatic carbocycles. The molecular weight excluding hydrogens is 336 g/mol. The van der Waals surface area contributed by atoms with Crippen molar-refractivity contribution in [2.45, 2.75) is 26.5 Å². The summed E-state index contributed by atoms with van der Waals surface area (Å²) in [5, 5.41) is 7.49. The maximum absolute atomic E-state index is 6.22. The van der Waals surface area contributed by atoms with E-state index in [1.54, 1.807) is 7.11 Å². The summed E-state index contributed by atoms with van der Waals surface area (Å²) in [7, 11) is 1.66. The first-order valence-corrected chi connectivity index (χ1v) is 9.07. The number of benzene rings is 2. The van der Waals surface area contributed by atoms with Gasteiger partial charge in [-0.3, -0.25) is 0 Å². The molecule has 5 heteroatoms. The van der Waals surface area contributed by atoms with Gasteiger partial charge in [-0.2, -0.15) is 0 Å². The second kappa shape index (κ2) is 11.0. The summed E-state index contributed by atoms with van der Waals surface area (Å²) in [6, 6.07) is 13.7. The third kappa shape index (κ3) is 6.24. The summed E-state index contributed by atoms with van der Waals surface area (Å²) in [6.07, 6.45) is 1.09. The van der Waals surface area contributed by atoms with Crippen LogP contribution in [0.1, 0.15) is 24.5 Å². The molecular formula is C20H27ClN2O2. The van der Waals surface area contributed by atoms with E-state index < -0.39 is 0 Å². The van der Waals surface area contributed by atoms with Crippen LogP contribution < -0.4 is 20.1 Å². The largest absolute Gasteiger partial charge is 0.493 e. The smallest absolute Gasteiger partial charge is 0.166 e. The third-order valence-electron chi connectivity index (χ3n) is 3.88. The molecule has 0 saturated heterocycles. The maximum atomic E-state index is 6.22. The van der Waals surface area contributed by atoms with Gasteiger partial charge in [0.05, 0.1) is 7.11 Å². The van der Waals surface area contributed by atoms with Crippen molar-refractivity contribution < 1.29 is 9.47 Å². The molecule has 2 N–H and O–H groups in total. The van der Waals surface area contributed by atoms with Crippen LogP contribution in [0.3, 0.4) is 0 Å². The summed E-state index contributed by atoms with van der Waals surface area (Å²) < 4.78 is 11.5. The number of hydrogen-bond acceptors (Lipinski definition) is 4. The first-order valence-electron chi connectivity index (χ1n) is 8.69. The lowest BCUT2D eigenvalue weighted by Gasteiger charge is -2.16. The molecule has 136 valence electrons. The fourth-order valence-electron chi connectivity index (χ4n) is 2.53. The van der Waals surface area contributed by atoms with Crippen molar-refractivity contribution in [2.24, 2.45) is 0 Å². The van der Waals surface area contributed by atoms with E-state index in [2.05, 4.69) is 23.6 Å². The van der Waals surface area contributed by atoms with Crippen LogP contribution in [0.25, 0.3) is 0 Å². The lowest BCUT2D eigenvalue weighted by molar-refractivity contribution is 0.280. The Hall–Kier alpha value is -1.75. The number of halogens is 1. The third-order valence-corrected chi connectivity index (χ3v) is 4.25. The van der Waals surface area contributed by atoms with Crippen LogP contribution in [-0.2, 0) is 13.2 Å². The van der Waals surface area contributed by atoms with E-state index in [0.717, 1.165) is 55.2 Å². The van der Waals surface area contributed by atoms with E-state index in [1.165, 1.54) is 0 Å². The lowest BCUT2D eigenvalue weighted by atomic mass is 10.1. The first kappa shape index (κ1) is 19.6. The van der Waals surface area contributed by atoms with Crippen molar-refractivity contribution in [2.75, 3.05) is 26.7 Å². The maximum Gasteiger partial charge on any atom is 0.166 e. The molecule has 0 heterocycles. The van der Waals surface area contributed by atoms with Crippen LogP contribution in [0, 0.1) is 0 Å². The van der Waals surface area contributed by atoms with Gasteiger partial charge >= 0.3 is 0 Å². The number of rotatable bonds is 11. The highest BCUT2D eigenvalue weighted by Gasteiger charge is 2.11. The van der Waals surface area contributed by atoms with Crippen molar-refractivity contribution in [1.29, 1.82) is 0 Å². The summed E-state index contributed by atoms with van der Waals surface area (Å²) in [4.78, 5) is 0. The predicted octanol–water partition coefficient (Wildman–Crippen LogP) is 4.02. The molecule has 0 aliphatic heterocycles. The molecule has 0 fully saturated rings. The number of nitrogens with one attached hydrogen (secondary N) is 2. The van der Waals surface area contributed by atoms with E-state index in [-0.39, 0.29) is 0 Å². The van der Waals surface area contributed by atoms with Crippen molar-refractivity contribution in [3.05, 3.63) is 58.6 Å². The zero-order valence-corrected chi connectivity index (χ0v) is 15.7. The van der Waals surface area contributed by atoms with Gasteiger partial charge in [0.25, 0.3) is 0 Å². The van der Waals surface area contributed by atoms with Crippen LogP contribution in [0.4, 0.5) is 0 Å². The predicted molar refractivity (Wildman–Crippen MR) is 104 cm³/mol. The minimum absolute atomic E-state index is 0.410. The molecule has 25 heavy (non-hydrogen) atoms. The van der Waals surface area contributed by atoms with Crippen molar-refractivity contribution in [3.63, 3.8) is 0 Å². The highest BCUT2D eigenvalue weighted by atomic mass is 35.5. The highest BCUT2D eigenvalue weighted by molar-refractivity contribution is 6.31. The van der Waals surface area contributed by atoms with Crippen molar-refractivity contribution in [1.82, 2.24) is 10.6 Å². The molecule has 2 aromatic rings. The zero-order valence-electron chi connectivity index (χ0n) is 15.0. The van der Waals surface area contributed by atoms with Gasteiger partial charge in [-0.1, -0.05) is 48.9 Å². The zero-order chi connectivity index (χ0) is 17.9. The first-order chi connectivity index (χ1) is 12.3. The quantitative estimate of drug-likeness (QED) is 0.592. The van der Waals surface area contributed by atoms with E-state index in [9.17, 15) is 0 Å². The van der Waals surface area contributed by atoms with E-state index in [0.29, 0.717) is 11.6 Å². The van der Waals surface area contributed by atoms with Crippen molar-refractivity contribution in [3.8, 4) is 11.5 Å². The molecule has 0 saturated carbocycles. The average Bonchev–Trinajstić information content (AvgIpc) is 2.64. The molecule has 0 spiro atoms. The summed E-state index contributed by atoms with van der Waals surface area (Å²) in [5.74, 6) is 1.50. The van der Waals surface area contributed by atoms with Gasteiger partial charge in [-0.05, 0) is 38.2 Å². The molecule has 0 radical (unpaired) electrons. The van der Waals surface area contributed by atoms with Gasteiger partial charge < -0.3 is 20.1 Å². The topological polar surface area (TPSA) is 42.5 Å². The molecule has 4 nitrogen and oxygen atoms in total. The Morgan fingerprint density at radius 2 is 1.72 bits per heavy atom. The second-order valence-electron chi connectivity index (χ2n) is 5.71. The number of ether oxygens (including phenoxy) is 2. The summed E-state index contributed by atoms with van der Waals surface area (Å²) in [6.45, 7) is 6.25. The van der Waals surface area contributed by atoms with Gasteiger partial charge in [-0.15, -0.1) is 0 Å². The molecule has 0 amide bonds. The Bertz CT molecular complexity index is 649. The minimum Gasteiger partial charge on any atom is -0.493 e. The van der Waals surface area contributed by atoms with Crippen molar-refractivity contribution >= 4 is 11.6 Å². The van der Waals surface area contributed by atoms with E-state index >= 15 is 0 Å². The Balaban J connectivity index is 1.98. The van der Waals surface area contributed by atoms with Gasteiger partial charge in [0.15, 0.2) is 11.5 Å². The average molecular weight is 363 g/mol. The molecule has 0 aromatic heterocycles. The van der Waals surface area contributed by atoms with Crippen LogP contribution in [0.2, 0.25) is 5.02 Å². The Morgan fingerprint density at radius 3 is 2.48 bits per heavy atom. The molecule has 2 aromatic carbocycles. The Kier molecular flexibility index (Phi) is 8.60. The SMILES string of the molecule is CCNCCCNCc1cccc(OC)c1OCc1ccccc1Cl. The lowest BCUT2D eigenvalue weighted by Crippen LogP contribution is -2.21. The Morgan fingerprint density at radius 1 is 0.960 bits per heavy atom. The minimum atomic E-state index is 0.410. The van der Waals surface area contributed by atoms with E-state index in [4.69, 9.17) is 21.1 Å². The molecule has 0 unspecified atom stereocenters. The Labute approximate surface area is 155 Å². The monoisotopic (exact) mass is 362 g/mol. The molecule has 2 rings (SSSR count). The van der Waals surface area contributed by atoms with Crippen LogP contribution in [-0.4, -0.2) is 26.7 Å². The van der Waals surface area contributed by atoms with Gasteiger partial charge in [-0.25, -0.2) is 0 Å². The highest BCUT2D eigenvalue weighted by Crippen LogP contribution is 2.32. The molecule has 0 atom stereocenters. The fourth-order valence-corrected chi connectivity index (χ4v) is 2.72. The second-order valence-corrected chi connectivity index (χ2v) is 6.12. The summed E-state index contributed by atoms with van der Waals surface area (Å²) in [5.41, 5.74) is 2.04. The number of hydrogen-bond donors (Lipinski definition) is 2. The van der Waals surface area contributed by atoms with E-state index in [1.807, 2.05) is 36.4 Å². The summed E-state index contributed by atoms with van der Waals surface area (Å²) >= 11 is 6.22. The van der Waals surface area contributed by atoms with Crippen LogP contribution >= 0.6 is 11.6 Å². The normalized spacial score (nSPS) is 10.7. The van der Waals surface area contributed by atoms with Gasteiger partial charge in [0, 0.05) is 22.7 Å². The number of para-hydroxylation sites is 1.